The van der Waals surface area contributed by atoms with Gasteiger partial charge in [-0.2, -0.15) is 0 Å². The van der Waals surface area contributed by atoms with Gasteiger partial charge in [0.25, 0.3) is 5.91 Å². The van der Waals surface area contributed by atoms with Crippen LogP contribution in [0.3, 0.4) is 0 Å². The Morgan fingerprint density at radius 1 is 1.50 bits per heavy atom. The first-order chi connectivity index (χ1) is 5.61. The van der Waals surface area contributed by atoms with Crippen LogP contribution in [0.4, 0.5) is 0 Å². The number of ether oxygens (including phenoxy) is 1. The van der Waals surface area contributed by atoms with E-state index in [1.807, 2.05) is 6.92 Å². The van der Waals surface area contributed by atoms with E-state index in [9.17, 15) is 9.59 Å². The quantitative estimate of drug-likeness (QED) is 0.623. The van der Waals surface area contributed by atoms with Gasteiger partial charge in [-0.05, 0) is 6.42 Å². The van der Waals surface area contributed by atoms with E-state index in [1.165, 1.54) is 7.05 Å². The molecular formula is C8H15NO3. The van der Waals surface area contributed by atoms with E-state index in [-0.39, 0.29) is 24.4 Å². The lowest BCUT2D eigenvalue weighted by Crippen LogP contribution is -2.26. The number of nitrogens with one attached hydrogen (secondary N) is 1. The molecule has 0 heterocycles. The van der Waals surface area contributed by atoms with E-state index < -0.39 is 0 Å². The van der Waals surface area contributed by atoms with Crippen LogP contribution in [0.25, 0.3) is 0 Å². The summed E-state index contributed by atoms with van der Waals surface area (Å²) in [6.45, 7) is 3.48. The Kier molecular flexibility index (Phi) is 5.08. The molecule has 0 aliphatic carbocycles. The lowest BCUT2D eigenvalue weighted by atomic mass is 10.1. The Morgan fingerprint density at radius 3 is 2.50 bits per heavy atom. The summed E-state index contributed by atoms with van der Waals surface area (Å²) in [6, 6.07) is 0. The number of carbonyl (C=O) groups is 2. The van der Waals surface area contributed by atoms with Crippen molar-refractivity contribution in [3.05, 3.63) is 0 Å². The molecule has 0 saturated carbocycles. The average Bonchev–Trinajstić information content (AvgIpc) is 2.11. The smallest absolute Gasteiger partial charge is 0.309 e. The first-order valence-electron chi connectivity index (χ1n) is 3.99. The maximum atomic E-state index is 11.0. The topological polar surface area (TPSA) is 55.4 Å². The minimum atomic E-state index is -0.318. The second-order valence-electron chi connectivity index (χ2n) is 2.59. The van der Waals surface area contributed by atoms with Crippen LogP contribution in [-0.4, -0.2) is 25.5 Å². The van der Waals surface area contributed by atoms with Gasteiger partial charge in [0.1, 0.15) is 0 Å². The minimum Gasteiger partial charge on any atom is -0.455 e. The Balaban J connectivity index is 3.64. The van der Waals surface area contributed by atoms with E-state index in [0.717, 1.165) is 6.42 Å². The molecule has 0 aliphatic rings. The van der Waals surface area contributed by atoms with Gasteiger partial charge in [-0.3, -0.25) is 9.59 Å². The molecule has 0 saturated heterocycles. The summed E-state index contributed by atoms with van der Waals surface area (Å²) in [4.78, 5) is 21.6. The second kappa shape index (κ2) is 5.57. The van der Waals surface area contributed by atoms with E-state index >= 15 is 0 Å². The van der Waals surface area contributed by atoms with Crippen LogP contribution in [0, 0.1) is 5.92 Å². The van der Waals surface area contributed by atoms with Crippen molar-refractivity contribution in [2.75, 3.05) is 13.7 Å². The monoisotopic (exact) mass is 173 g/mol. The third kappa shape index (κ3) is 3.95. The van der Waals surface area contributed by atoms with Crippen LogP contribution in [0.15, 0.2) is 0 Å². The van der Waals surface area contributed by atoms with Crippen molar-refractivity contribution in [2.45, 2.75) is 20.3 Å². The van der Waals surface area contributed by atoms with Crippen LogP contribution in [-0.2, 0) is 14.3 Å². The molecule has 70 valence electrons. The predicted octanol–water partition coefficient (Wildman–Crippen LogP) is 0.322. The highest BCUT2D eigenvalue weighted by Gasteiger charge is 2.12. The third-order valence-corrected chi connectivity index (χ3v) is 1.64. The Morgan fingerprint density at radius 2 is 2.08 bits per heavy atom. The van der Waals surface area contributed by atoms with Crippen molar-refractivity contribution in [1.82, 2.24) is 5.32 Å². The molecule has 1 amide bonds. The lowest BCUT2D eigenvalue weighted by Gasteiger charge is -2.07. The molecular weight excluding hydrogens is 158 g/mol. The van der Waals surface area contributed by atoms with Crippen LogP contribution < -0.4 is 5.32 Å². The molecule has 0 rings (SSSR count). The maximum Gasteiger partial charge on any atom is 0.309 e. The van der Waals surface area contributed by atoms with E-state index in [1.54, 1.807) is 6.92 Å². The van der Waals surface area contributed by atoms with Crippen LogP contribution in [0.2, 0.25) is 0 Å². The molecule has 4 nitrogen and oxygen atoms in total. The summed E-state index contributed by atoms with van der Waals surface area (Å²) in [7, 11) is 1.50. The van der Waals surface area contributed by atoms with Crippen LogP contribution in [0.1, 0.15) is 20.3 Å². The van der Waals surface area contributed by atoms with Gasteiger partial charge in [-0.1, -0.05) is 13.8 Å². The number of hydrogen-bond donors (Lipinski definition) is 1. The highest BCUT2D eigenvalue weighted by molar-refractivity contribution is 5.80. The largest absolute Gasteiger partial charge is 0.455 e. The minimum absolute atomic E-state index is 0.130. The molecule has 4 heteroatoms. The zero-order chi connectivity index (χ0) is 9.56. The van der Waals surface area contributed by atoms with Gasteiger partial charge in [0.15, 0.2) is 6.61 Å². The zero-order valence-electron chi connectivity index (χ0n) is 7.72. The fraction of sp³-hybridized carbons (Fsp3) is 0.750. The van der Waals surface area contributed by atoms with Crippen LogP contribution in [0.5, 0.6) is 0 Å². The van der Waals surface area contributed by atoms with Gasteiger partial charge in [0, 0.05) is 7.05 Å². The maximum absolute atomic E-state index is 11.0. The lowest BCUT2D eigenvalue weighted by molar-refractivity contribution is -0.152. The fourth-order valence-corrected chi connectivity index (χ4v) is 0.518. The molecule has 0 bridgehead atoms. The summed E-state index contributed by atoms with van der Waals surface area (Å²) >= 11 is 0. The number of rotatable bonds is 4. The molecule has 1 unspecified atom stereocenters. The van der Waals surface area contributed by atoms with Gasteiger partial charge < -0.3 is 10.1 Å². The molecule has 0 aromatic heterocycles. The zero-order valence-corrected chi connectivity index (χ0v) is 7.72. The van der Waals surface area contributed by atoms with Crippen molar-refractivity contribution < 1.29 is 14.3 Å². The SMILES string of the molecule is CCC(C)C(=O)OCC(=O)NC. The number of hydrogen-bond acceptors (Lipinski definition) is 3. The molecule has 0 aromatic carbocycles. The average molecular weight is 173 g/mol. The van der Waals surface area contributed by atoms with Crippen molar-refractivity contribution in [1.29, 1.82) is 0 Å². The van der Waals surface area contributed by atoms with Crippen molar-refractivity contribution in [3.63, 3.8) is 0 Å². The first-order valence-corrected chi connectivity index (χ1v) is 3.99. The summed E-state index contributed by atoms with van der Waals surface area (Å²) in [5, 5.41) is 2.36. The third-order valence-electron chi connectivity index (χ3n) is 1.64. The van der Waals surface area contributed by atoms with Gasteiger partial charge >= 0.3 is 5.97 Å². The predicted molar refractivity (Wildman–Crippen MR) is 44.5 cm³/mol. The van der Waals surface area contributed by atoms with Crippen molar-refractivity contribution in [3.8, 4) is 0 Å². The highest BCUT2D eigenvalue weighted by atomic mass is 16.5. The number of amides is 1. The van der Waals surface area contributed by atoms with Crippen LogP contribution >= 0.6 is 0 Å². The molecule has 1 atom stereocenters. The standard InChI is InChI=1S/C8H15NO3/c1-4-6(2)8(11)12-5-7(10)9-3/h6H,4-5H2,1-3H3,(H,9,10). The van der Waals surface area contributed by atoms with Crippen molar-refractivity contribution >= 4 is 11.9 Å². The van der Waals surface area contributed by atoms with Gasteiger partial charge in [-0.15, -0.1) is 0 Å². The summed E-state index contributed by atoms with van der Waals surface area (Å²) in [5.41, 5.74) is 0. The second-order valence-corrected chi connectivity index (χ2v) is 2.59. The fourth-order valence-electron chi connectivity index (χ4n) is 0.518. The summed E-state index contributed by atoms with van der Waals surface area (Å²) in [5.74, 6) is -0.734. The molecule has 0 fully saturated rings. The number of esters is 1. The first kappa shape index (κ1) is 10.9. The Labute approximate surface area is 72.3 Å². The van der Waals surface area contributed by atoms with E-state index in [0.29, 0.717) is 0 Å². The molecule has 0 spiro atoms. The van der Waals surface area contributed by atoms with Gasteiger partial charge in [0.2, 0.25) is 0 Å². The molecule has 0 aliphatic heterocycles. The van der Waals surface area contributed by atoms with E-state index in [2.05, 4.69) is 5.32 Å². The molecule has 12 heavy (non-hydrogen) atoms. The number of likely N-dealkylation sites (N-methyl/N-ethyl adjacent to an activating group) is 1. The van der Waals surface area contributed by atoms with Gasteiger partial charge in [-0.25, -0.2) is 0 Å². The normalized spacial score (nSPS) is 11.9. The van der Waals surface area contributed by atoms with E-state index in [4.69, 9.17) is 4.74 Å². The highest BCUT2D eigenvalue weighted by Crippen LogP contribution is 2.02. The summed E-state index contributed by atoms with van der Waals surface area (Å²) in [6.07, 6.45) is 0.729. The van der Waals surface area contributed by atoms with Gasteiger partial charge in [0.05, 0.1) is 5.92 Å². The summed E-state index contributed by atoms with van der Waals surface area (Å²) < 4.78 is 4.70. The Bertz CT molecular complexity index is 168. The molecule has 0 radical (unpaired) electrons. The Hall–Kier alpha value is -1.06. The number of carbonyl (C=O) groups excluding carboxylic acids is 2. The molecule has 1 N–H and O–H groups in total. The molecule has 0 aromatic rings. The van der Waals surface area contributed by atoms with Crippen molar-refractivity contribution in [2.24, 2.45) is 5.92 Å².